The molecule has 0 saturated heterocycles. The SMILES string of the molecule is Cc1ccc(-c2nnc(C(F)F)n(CCCCOc3ccccc3)c2=O)cc1. The van der Waals surface area contributed by atoms with Crippen molar-refractivity contribution in [3.8, 4) is 17.0 Å². The van der Waals surface area contributed by atoms with Crippen LogP contribution in [0.5, 0.6) is 5.75 Å². The predicted octanol–water partition coefficient (Wildman–Crippen LogP) is 4.41. The first-order valence-corrected chi connectivity index (χ1v) is 9.06. The minimum Gasteiger partial charge on any atom is -0.494 e. The fourth-order valence-electron chi connectivity index (χ4n) is 2.78. The molecular weight excluding hydrogens is 364 g/mol. The average molecular weight is 385 g/mol. The summed E-state index contributed by atoms with van der Waals surface area (Å²) >= 11 is 0. The molecule has 0 fully saturated rings. The lowest BCUT2D eigenvalue weighted by molar-refractivity contribution is 0.130. The van der Waals surface area contributed by atoms with Crippen LogP contribution in [0.25, 0.3) is 11.3 Å². The van der Waals surface area contributed by atoms with Crippen LogP contribution in [0.4, 0.5) is 8.78 Å². The third kappa shape index (κ3) is 4.79. The van der Waals surface area contributed by atoms with Crippen molar-refractivity contribution in [1.82, 2.24) is 14.8 Å². The van der Waals surface area contributed by atoms with Gasteiger partial charge in [0.1, 0.15) is 5.75 Å². The number of alkyl halides is 2. The molecule has 0 N–H and O–H groups in total. The molecule has 2 aromatic carbocycles. The Labute approximate surface area is 161 Å². The lowest BCUT2D eigenvalue weighted by Gasteiger charge is -2.12. The lowest BCUT2D eigenvalue weighted by atomic mass is 10.1. The molecule has 5 nitrogen and oxygen atoms in total. The first-order valence-electron chi connectivity index (χ1n) is 9.06. The van der Waals surface area contributed by atoms with E-state index in [4.69, 9.17) is 4.74 Å². The Morgan fingerprint density at radius 1 is 1.00 bits per heavy atom. The first-order chi connectivity index (χ1) is 13.6. The van der Waals surface area contributed by atoms with Gasteiger partial charge in [-0.15, -0.1) is 10.2 Å². The van der Waals surface area contributed by atoms with E-state index in [1.165, 1.54) is 0 Å². The Hall–Kier alpha value is -3.09. The highest BCUT2D eigenvalue weighted by Gasteiger charge is 2.20. The number of nitrogens with zero attached hydrogens (tertiary/aromatic N) is 3. The third-order valence-corrected chi connectivity index (χ3v) is 4.28. The molecule has 0 saturated carbocycles. The van der Waals surface area contributed by atoms with Crippen LogP contribution in [0.15, 0.2) is 59.4 Å². The third-order valence-electron chi connectivity index (χ3n) is 4.28. The van der Waals surface area contributed by atoms with Crippen LogP contribution in [0.2, 0.25) is 0 Å². The maximum absolute atomic E-state index is 13.3. The summed E-state index contributed by atoms with van der Waals surface area (Å²) in [5.74, 6) is 0.144. The number of halogens is 2. The molecule has 0 aliphatic rings. The molecule has 0 aliphatic carbocycles. The van der Waals surface area contributed by atoms with Crippen molar-refractivity contribution in [2.45, 2.75) is 32.7 Å². The van der Waals surface area contributed by atoms with Gasteiger partial charge in [0.15, 0.2) is 5.69 Å². The maximum Gasteiger partial charge on any atom is 0.297 e. The molecule has 0 spiro atoms. The van der Waals surface area contributed by atoms with E-state index < -0.39 is 17.8 Å². The molecular formula is C21H21F2N3O2. The topological polar surface area (TPSA) is 57.0 Å². The van der Waals surface area contributed by atoms with E-state index >= 15 is 0 Å². The van der Waals surface area contributed by atoms with Crippen LogP contribution in [0, 0.1) is 6.92 Å². The van der Waals surface area contributed by atoms with E-state index in [9.17, 15) is 13.6 Å². The molecule has 0 radical (unpaired) electrons. The van der Waals surface area contributed by atoms with Crippen molar-refractivity contribution < 1.29 is 13.5 Å². The predicted molar refractivity (Wildman–Crippen MR) is 103 cm³/mol. The number of unbranched alkanes of at least 4 members (excludes halogenated alkanes) is 1. The minimum atomic E-state index is -2.87. The van der Waals surface area contributed by atoms with Gasteiger partial charge in [-0.05, 0) is 31.9 Å². The molecule has 0 aliphatic heterocycles. The highest BCUT2D eigenvalue weighted by atomic mass is 19.3. The Balaban J connectivity index is 1.72. The van der Waals surface area contributed by atoms with Crippen LogP contribution in [0.1, 0.15) is 30.7 Å². The Morgan fingerprint density at radius 2 is 1.71 bits per heavy atom. The highest BCUT2D eigenvalue weighted by Crippen LogP contribution is 2.18. The Kier molecular flexibility index (Phi) is 6.47. The number of rotatable bonds is 8. The molecule has 28 heavy (non-hydrogen) atoms. The van der Waals surface area contributed by atoms with Crippen molar-refractivity contribution in [1.29, 1.82) is 0 Å². The van der Waals surface area contributed by atoms with Gasteiger partial charge in [-0.2, -0.15) is 0 Å². The number of hydrogen-bond acceptors (Lipinski definition) is 4. The van der Waals surface area contributed by atoms with Crippen LogP contribution < -0.4 is 10.3 Å². The van der Waals surface area contributed by atoms with Crippen molar-refractivity contribution >= 4 is 0 Å². The summed E-state index contributed by atoms with van der Waals surface area (Å²) < 4.78 is 33.2. The number of para-hydroxylation sites is 1. The number of aryl methyl sites for hydroxylation is 1. The van der Waals surface area contributed by atoms with Gasteiger partial charge in [-0.25, -0.2) is 8.78 Å². The van der Waals surface area contributed by atoms with Crippen LogP contribution in [-0.4, -0.2) is 21.4 Å². The molecule has 0 amide bonds. The second-order valence-corrected chi connectivity index (χ2v) is 6.40. The number of benzene rings is 2. The van der Waals surface area contributed by atoms with E-state index in [2.05, 4.69) is 10.2 Å². The number of aromatic nitrogens is 3. The standard InChI is InChI=1S/C21H21F2N3O2/c1-15-9-11-16(12-10-15)18-21(27)26(20(19(22)23)25-24-18)13-5-6-14-28-17-7-3-2-4-8-17/h2-4,7-12,19H,5-6,13-14H2,1H3. The molecule has 1 heterocycles. The van der Waals surface area contributed by atoms with Crippen molar-refractivity contribution in [3.05, 3.63) is 76.3 Å². The molecule has 3 rings (SSSR count). The molecule has 146 valence electrons. The molecule has 1 aromatic heterocycles. The van der Waals surface area contributed by atoms with E-state index in [0.717, 1.165) is 15.9 Å². The van der Waals surface area contributed by atoms with Gasteiger partial charge in [0.05, 0.1) is 6.61 Å². The summed E-state index contributed by atoms with van der Waals surface area (Å²) in [5.41, 5.74) is 1.10. The van der Waals surface area contributed by atoms with E-state index in [1.54, 1.807) is 12.1 Å². The summed E-state index contributed by atoms with van der Waals surface area (Å²) in [6, 6.07) is 16.5. The van der Waals surface area contributed by atoms with Gasteiger partial charge >= 0.3 is 0 Å². The zero-order valence-corrected chi connectivity index (χ0v) is 15.5. The maximum atomic E-state index is 13.3. The monoisotopic (exact) mass is 385 g/mol. The largest absolute Gasteiger partial charge is 0.494 e. The summed E-state index contributed by atoms with van der Waals surface area (Å²) in [7, 11) is 0. The van der Waals surface area contributed by atoms with Gasteiger partial charge in [0, 0.05) is 12.1 Å². The highest BCUT2D eigenvalue weighted by molar-refractivity contribution is 5.57. The Bertz CT molecular complexity index is 958. The molecule has 0 bridgehead atoms. The zero-order chi connectivity index (χ0) is 19.9. The molecule has 3 aromatic rings. The molecule has 7 heteroatoms. The van der Waals surface area contributed by atoms with Gasteiger partial charge in [-0.3, -0.25) is 9.36 Å². The quantitative estimate of drug-likeness (QED) is 0.539. The van der Waals surface area contributed by atoms with Crippen LogP contribution in [0.3, 0.4) is 0 Å². The minimum absolute atomic E-state index is 0.0740. The Morgan fingerprint density at radius 3 is 2.39 bits per heavy atom. The summed E-state index contributed by atoms with van der Waals surface area (Å²) in [5, 5.41) is 7.37. The van der Waals surface area contributed by atoms with Crippen LogP contribution >= 0.6 is 0 Å². The van der Waals surface area contributed by atoms with Crippen molar-refractivity contribution in [3.63, 3.8) is 0 Å². The van der Waals surface area contributed by atoms with Crippen LogP contribution in [-0.2, 0) is 6.54 Å². The van der Waals surface area contributed by atoms with E-state index in [1.807, 2.05) is 49.4 Å². The second-order valence-electron chi connectivity index (χ2n) is 6.40. The summed E-state index contributed by atoms with van der Waals surface area (Å²) in [6.07, 6.45) is -1.75. The number of ether oxygens (including phenoxy) is 1. The lowest BCUT2D eigenvalue weighted by Crippen LogP contribution is -2.28. The van der Waals surface area contributed by atoms with Gasteiger partial charge in [0.2, 0.25) is 5.82 Å². The van der Waals surface area contributed by atoms with E-state index in [0.29, 0.717) is 25.0 Å². The van der Waals surface area contributed by atoms with Crippen molar-refractivity contribution in [2.75, 3.05) is 6.61 Å². The smallest absolute Gasteiger partial charge is 0.297 e. The summed E-state index contributed by atoms with van der Waals surface area (Å²) in [6.45, 7) is 2.49. The van der Waals surface area contributed by atoms with Gasteiger partial charge < -0.3 is 4.74 Å². The molecule has 0 atom stereocenters. The first kappa shape index (κ1) is 19.7. The number of hydrogen-bond donors (Lipinski definition) is 0. The van der Waals surface area contributed by atoms with Crippen molar-refractivity contribution in [2.24, 2.45) is 0 Å². The van der Waals surface area contributed by atoms with E-state index in [-0.39, 0.29) is 12.2 Å². The fraction of sp³-hybridized carbons (Fsp3) is 0.286. The average Bonchev–Trinajstić information content (AvgIpc) is 2.70. The van der Waals surface area contributed by atoms with Gasteiger partial charge in [0.25, 0.3) is 12.0 Å². The zero-order valence-electron chi connectivity index (χ0n) is 15.5. The normalized spacial score (nSPS) is 11.0. The summed E-state index contributed by atoms with van der Waals surface area (Å²) in [4.78, 5) is 12.8. The van der Waals surface area contributed by atoms with Gasteiger partial charge in [-0.1, -0.05) is 48.0 Å². The molecule has 0 unspecified atom stereocenters. The fourth-order valence-corrected chi connectivity index (χ4v) is 2.78. The second kappa shape index (κ2) is 9.21.